The third kappa shape index (κ3) is 5.22. The average Bonchev–Trinajstić information content (AvgIpc) is 3.75. The number of benzene rings is 6. The minimum atomic E-state index is 0. The molecule has 0 saturated carbocycles. The van der Waals surface area contributed by atoms with E-state index in [-0.39, 0.29) is 24.8 Å². The summed E-state index contributed by atoms with van der Waals surface area (Å²) in [5.41, 5.74) is 19.5. The predicted octanol–water partition coefficient (Wildman–Crippen LogP) is 5.25. The van der Waals surface area contributed by atoms with Crippen molar-refractivity contribution in [3.63, 3.8) is 0 Å². The Bertz CT molecular complexity index is 2110. The Morgan fingerprint density at radius 3 is 1.26 bits per heavy atom. The molecule has 0 fully saturated rings. The fourth-order valence-corrected chi connectivity index (χ4v) is 7.58. The first-order valence-corrected chi connectivity index (χ1v) is 16.7. The first kappa shape index (κ1) is 32.6. The molecule has 0 spiro atoms. The molecule has 0 saturated heterocycles. The van der Waals surface area contributed by atoms with Gasteiger partial charge in [-0.15, -0.1) is 69.8 Å². The normalized spacial score (nSPS) is 13.1. The van der Waals surface area contributed by atoms with Crippen LogP contribution in [0.4, 0.5) is 0 Å². The van der Waals surface area contributed by atoms with E-state index < -0.39 is 0 Å². The zero-order chi connectivity index (χ0) is 30.1. The van der Waals surface area contributed by atoms with E-state index in [0.717, 1.165) is 12.8 Å². The molecule has 0 aromatic heterocycles. The van der Waals surface area contributed by atoms with Gasteiger partial charge in [0.1, 0.15) is 0 Å². The molecule has 6 aromatic rings. The predicted molar refractivity (Wildman–Crippen MR) is 185 cm³/mol. The molecule has 0 N–H and O–H groups in total. The van der Waals surface area contributed by atoms with Crippen LogP contribution in [0.3, 0.4) is 0 Å². The van der Waals surface area contributed by atoms with Gasteiger partial charge in [-0.3, -0.25) is 0 Å². The number of fused-ring (bicyclic) bond motifs is 10. The second kappa shape index (κ2) is 12.7. The molecule has 6 aromatic carbocycles. The van der Waals surface area contributed by atoms with Gasteiger partial charge in [0.25, 0.3) is 0 Å². The number of hydrogen-bond acceptors (Lipinski definition) is 0. The van der Waals surface area contributed by atoms with E-state index >= 15 is 0 Å². The average molecular weight is 711 g/mol. The molecule has 0 radical (unpaired) electrons. The summed E-state index contributed by atoms with van der Waals surface area (Å²) in [4.78, 5) is 0. The maximum absolute atomic E-state index is 3.48. The summed E-state index contributed by atoms with van der Waals surface area (Å²) in [6, 6.07) is 37.9. The first-order chi connectivity index (χ1) is 21.4. The van der Waals surface area contributed by atoms with Gasteiger partial charge in [-0.2, -0.15) is 0 Å². The van der Waals surface area contributed by atoms with Crippen molar-refractivity contribution in [2.45, 2.75) is 40.5 Å². The fraction of sp³-hybridized carbons (Fsp3) is 0.140. The van der Waals surface area contributed by atoms with Crippen molar-refractivity contribution in [2.24, 2.45) is 0 Å². The molecule has 46 heavy (non-hydrogen) atoms. The van der Waals surface area contributed by atoms with Crippen LogP contribution >= 0.6 is 0 Å². The van der Waals surface area contributed by atoms with Crippen molar-refractivity contribution in [2.75, 3.05) is 0 Å². The Labute approximate surface area is 299 Å². The molecule has 10 rings (SSSR count). The summed E-state index contributed by atoms with van der Waals surface area (Å²) in [7, 11) is 0. The Kier molecular flexibility index (Phi) is 8.99. The number of rotatable bonds is 0. The third-order valence-corrected chi connectivity index (χ3v) is 9.16. The second-order valence-electron chi connectivity index (χ2n) is 12.7. The Hall–Kier alpha value is -3.35. The molecule has 0 bridgehead atoms. The molecule has 0 nitrogen and oxygen atoms in total. The van der Waals surface area contributed by atoms with Gasteiger partial charge < -0.3 is 24.8 Å². The molecular weight excluding hydrogens is 679 g/mol. The topological polar surface area (TPSA) is 0 Å². The van der Waals surface area contributed by atoms with Crippen LogP contribution in [-0.4, -0.2) is 3.21 Å². The molecule has 0 amide bonds. The quantitative estimate of drug-likeness (QED) is 0.189. The molecule has 224 valence electrons. The standard InChI is InChI=1S/2C20H13.C3H6.2ClH.Zr/c2*1-12-10-14-8-9-16-15-6-2-4-13-5-3-7-17(19(13)15)20(16)18(14)11-12;1-3-2;;;/h2*2-7,9-10H,11H2,1H3;1-2H3;2*1H;/q2*-1;;;;+2/p-2. The Morgan fingerprint density at radius 2 is 0.891 bits per heavy atom. The van der Waals surface area contributed by atoms with Crippen LogP contribution in [0.2, 0.25) is 0 Å². The van der Waals surface area contributed by atoms with Gasteiger partial charge in [-0.05, 0) is 45.5 Å². The number of hydrogen-bond donors (Lipinski definition) is 0. The molecule has 4 aliphatic rings. The van der Waals surface area contributed by atoms with Crippen molar-refractivity contribution in [1.29, 1.82) is 0 Å². The summed E-state index contributed by atoms with van der Waals surface area (Å²) in [6.45, 7) is 8.67. The van der Waals surface area contributed by atoms with Crippen molar-refractivity contribution >= 4 is 36.9 Å². The van der Waals surface area contributed by atoms with Gasteiger partial charge in [-0.25, -0.2) is 0 Å². The van der Waals surface area contributed by atoms with Crippen LogP contribution in [-0.2, 0) is 37.1 Å². The van der Waals surface area contributed by atoms with Crippen LogP contribution < -0.4 is 24.8 Å². The summed E-state index contributed by atoms with van der Waals surface area (Å²) in [5.74, 6) is 0. The summed E-state index contributed by atoms with van der Waals surface area (Å²) >= 11 is 1.55. The van der Waals surface area contributed by atoms with Crippen LogP contribution in [0.1, 0.15) is 49.9 Å². The third-order valence-electron chi connectivity index (χ3n) is 9.16. The summed E-state index contributed by atoms with van der Waals surface area (Å²) in [5, 5.41) is 5.51. The minimum Gasteiger partial charge on any atom is -1.00 e. The molecular formula is C43H32Cl2Zr-2. The molecule has 0 aliphatic heterocycles. The SMILES string of the molecule is CC1=Cc2[c-]cc3c(c2C1)-c1cccc2cccc-3c12.CC1=Cc2[c-]cc3c(c2C1)-c1cccc2cccc-3c12.C[C](C)=[Zr+2].[Cl-].[Cl-]. The Balaban J connectivity index is 0.000000140. The van der Waals surface area contributed by atoms with Gasteiger partial charge in [-0.1, -0.05) is 120 Å². The van der Waals surface area contributed by atoms with Gasteiger partial charge in [0.05, 0.1) is 0 Å². The van der Waals surface area contributed by atoms with Crippen LogP contribution in [0, 0.1) is 12.1 Å². The van der Waals surface area contributed by atoms with E-state index in [2.05, 4.69) is 137 Å². The van der Waals surface area contributed by atoms with Gasteiger partial charge >= 0.3 is 41.3 Å². The first-order valence-electron chi connectivity index (χ1n) is 15.4. The van der Waals surface area contributed by atoms with Crippen LogP contribution in [0.25, 0.3) is 78.2 Å². The maximum atomic E-state index is 3.48. The van der Waals surface area contributed by atoms with Crippen molar-refractivity contribution < 1.29 is 49.0 Å². The minimum absolute atomic E-state index is 0. The maximum Gasteiger partial charge on any atom is -1.00 e. The van der Waals surface area contributed by atoms with E-state index in [4.69, 9.17) is 0 Å². The van der Waals surface area contributed by atoms with Gasteiger partial charge in [0.15, 0.2) is 0 Å². The zero-order valence-corrected chi connectivity index (χ0v) is 30.4. The monoisotopic (exact) mass is 708 g/mol. The molecule has 4 aliphatic carbocycles. The second-order valence-corrected chi connectivity index (χ2v) is 15.2. The number of allylic oxidation sites excluding steroid dienone is 2. The van der Waals surface area contributed by atoms with Gasteiger partial charge in [0.2, 0.25) is 0 Å². The largest absolute Gasteiger partial charge is 1.00 e. The zero-order valence-electron chi connectivity index (χ0n) is 26.4. The molecule has 0 heterocycles. The number of halogens is 2. The van der Waals surface area contributed by atoms with Gasteiger partial charge in [0, 0.05) is 0 Å². The van der Waals surface area contributed by atoms with E-state index in [0.29, 0.717) is 0 Å². The van der Waals surface area contributed by atoms with E-state index in [1.165, 1.54) is 103 Å². The summed E-state index contributed by atoms with van der Waals surface area (Å²) in [6.07, 6.45) is 6.69. The molecule has 0 unspecified atom stereocenters. The van der Waals surface area contributed by atoms with Crippen molar-refractivity contribution in [3.05, 3.63) is 130 Å². The van der Waals surface area contributed by atoms with Crippen LogP contribution in [0.15, 0.2) is 96.1 Å². The van der Waals surface area contributed by atoms with E-state index in [1.54, 1.807) is 24.2 Å². The van der Waals surface area contributed by atoms with Crippen molar-refractivity contribution in [3.8, 4) is 44.5 Å². The Morgan fingerprint density at radius 1 is 0.543 bits per heavy atom. The summed E-state index contributed by atoms with van der Waals surface area (Å²) < 4.78 is 1.51. The van der Waals surface area contributed by atoms with E-state index in [1.807, 2.05) is 0 Å². The fourth-order valence-electron chi connectivity index (χ4n) is 7.58. The van der Waals surface area contributed by atoms with E-state index in [9.17, 15) is 0 Å². The smallest absolute Gasteiger partial charge is 1.00 e. The van der Waals surface area contributed by atoms with Crippen molar-refractivity contribution in [1.82, 2.24) is 0 Å². The molecule has 0 atom stereocenters. The van der Waals surface area contributed by atoms with Crippen LogP contribution in [0.5, 0.6) is 0 Å². The molecule has 3 heteroatoms.